The molecular weight excluding hydrogens is 546 g/mol. The minimum absolute atomic E-state index is 0.00956. The van der Waals surface area contributed by atoms with E-state index in [1.54, 1.807) is 6.07 Å². The van der Waals surface area contributed by atoms with Gasteiger partial charge in [-0.15, -0.1) is 11.3 Å². The number of anilines is 2. The molecule has 3 aromatic carbocycles. The molecule has 1 atom stereocenters. The number of rotatable bonds is 5. The third kappa shape index (κ3) is 4.67. The van der Waals surface area contributed by atoms with Crippen LogP contribution in [0, 0.1) is 0 Å². The van der Waals surface area contributed by atoms with Crippen LogP contribution in [-0.4, -0.2) is 76.6 Å². The van der Waals surface area contributed by atoms with Crippen molar-refractivity contribution in [3.05, 3.63) is 70.9 Å². The van der Waals surface area contributed by atoms with Gasteiger partial charge in [0, 0.05) is 95.5 Å². The lowest BCUT2D eigenvalue weighted by Crippen LogP contribution is -2.48. The average molecular weight is 582 g/mol. The van der Waals surface area contributed by atoms with Gasteiger partial charge in [-0.3, -0.25) is 9.69 Å². The Balaban J connectivity index is 1.22. The van der Waals surface area contributed by atoms with Crippen molar-refractivity contribution in [3.8, 4) is 11.1 Å². The summed E-state index contributed by atoms with van der Waals surface area (Å²) >= 11 is 1.83. The summed E-state index contributed by atoms with van der Waals surface area (Å²) < 4.78 is 20.5. The summed E-state index contributed by atoms with van der Waals surface area (Å²) in [6.07, 6.45) is 2.77. The Labute approximate surface area is 248 Å². The number of hydrogen-bond acceptors (Lipinski definition) is 8. The van der Waals surface area contributed by atoms with Gasteiger partial charge in [0.05, 0.1) is 24.7 Å². The van der Waals surface area contributed by atoms with E-state index in [4.69, 9.17) is 13.9 Å². The van der Waals surface area contributed by atoms with Gasteiger partial charge >= 0.3 is 0 Å². The van der Waals surface area contributed by atoms with E-state index in [9.17, 15) is 4.79 Å². The Kier molecular flexibility index (Phi) is 6.87. The Morgan fingerprint density at radius 2 is 1.64 bits per heavy atom. The van der Waals surface area contributed by atoms with Crippen LogP contribution in [0.1, 0.15) is 12.8 Å². The number of benzene rings is 3. The highest BCUT2D eigenvalue weighted by Crippen LogP contribution is 2.46. The van der Waals surface area contributed by atoms with E-state index in [0.717, 1.165) is 50.5 Å². The second-order valence-corrected chi connectivity index (χ2v) is 12.6. The Hall–Kier alpha value is -3.43. The van der Waals surface area contributed by atoms with E-state index in [1.165, 1.54) is 38.7 Å². The molecule has 0 aliphatic carbocycles. The van der Waals surface area contributed by atoms with Gasteiger partial charge in [-0.2, -0.15) is 0 Å². The molecule has 3 aliphatic rings. The molecule has 0 amide bonds. The third-order valence-corrected chi connectivity index (χ3v) is 10.3. The molecule has 1 unspecified atom stereocenters. The summed E-state index contributed by atoms with van der Waals surface area (Å²) in [5, 5.41) is 3.20. The fourth-order valence-electron chi connectivity index (χ4n) is 6.85. The number of fused-ring (bicyclic) bond motifs is 4. The summed E-state index contributed by atoms with van der Waals surface area (Å²) in [6.45, 7) is 8.74. The van der Waals surface area contributed by atoms with Crippen molar-refractivity contribution in [1.82, 2.24) is 4.90 Å². The number of morpholine rings is 1. The summed E-state index contributed by atoms with van der Waals surface area (Å²) in [7, 11) is 0. The second-order valence-electron chi connectivity index (χ2n) is 11.6. The largest absolute Gasteiger partial charge is 0.440 e. The normalized spacial score (nSPS) is 20.3. The van der Waals surface area contributed by atoms with Gasteiger partial charge < -0.3 is 23.7 Å². The predicted molar refractivity (Wildman–Crippen MR) is 171 cm³/mol. The number of nitrogens with zero attached hydrogens (tertiary/aromatic N) is 3. The van der Waals surface area contributed by atoms with Crippen molar-refractivity contribution in [2.75, 3.05) is 75.4 Å². The molecule has 8 heteroatoms. The van der Waals surface area contributed by atoms with Crippen molar-refractivity contribution in [1.29, 1.82) is 0 Å². The van der Waals surface area contributed by atoms with Crippen LogP contribution in [0.25, 0.3) is 42.3 Å². The van der Waals surface area contributed by atoms with Gasteiger partial charge in [-0.05, 0) is 31.0 Å². The van der Waals surface area contributed by atoms with Crippen molar-refractivity contribution in [2.24, 2.45) is 0 Å². The number of ether oxygens (including phenoxy) is 2. The molecule has 7 nitrogen and oxygen atoms in total. The summed E-state index contributed by atoms with van der Waals surface area (Å²) in [5.41, 5.74) is 4.01. The topological polar surface area (TPSA) is 58.4 Å². The van der Waals surface area contributed by atoms with Gasteiger partial charge in [0.2, 0.25) is 0 Å². The van der Waals surface area contributed by atoms with E-state index in [2.05, 4.69) is 57.2 Å². The van der Waals surface area contributed by atoms with Crippen LogP contribution in [0.5, 0.6) is 0 Å². The Morgan fingerprint density at radius 3 is 2.48 bits per heavy atom. The van der Waals surface area contributed by atoms with Gasteiger partial charge in [-0.25, -0.2) is 0 Å². The van der Waals surface area contributed by atoms with Gasteiger partial charge in [0.15, 0.2) is 11.3 Å². The minimum Gasteiger partial charge on any atom is -0.440 e. The zero-order valence-corrected chi connectivity index (χ0v) is 24.5. The van der Waals surface area contributed by atoms with Crippen LogP contribution in [0.3, 0.4) is 0 Å². The zero-order chi connectivity index (χ0) is 28.0. The van der Waals surface area contributed by atoms with Crippen LogP contribution in [0.15, 0.2) is 69.9 Å². The summed E-state index contributed by atoms with van der Waals surface area (Å²) in [6, 6.07) is 20.8. The molecule has 0 radical (unpaired) electrons. The zero-order valence-electron chi connectivity index (χ0n) is 23.7. The molecule has 0 spiro atoms. The van der Waals surface area contributed by atoms with Gasteiger partial charge in [0.25, 0.3) is 0 Å². The lowest BCUT2D eigenvalue weighted by Gasteiger charge is -2.37. The molecule has 0 bridgehead atoms. The van der Waals surface area contributed by atoms with E-state index < -0.39 is 0 Å². The first-order valence-electron chi connectivity index (χ1n) is 15.2. The fraction of sp³-hybridized carbons (Fsp3) is 0.382. The van der Waals surface area contributed by atoms with E-state index in [1.807, 2.05) is 23.5 Å². The predicted octanol–water partition coefficient (Wildman–Crippen LogP) is 5.97. The molecule has 3 saturated heterocycles. The summed E-state index contributed by atoms with van der Waals surface area (Å²) in [5.74, 6) is 0.619. The third-order valence-electron chi connectivity index (χ3n) is 9.06. The molecule has 3 fully saturated rings. The van der Waals surface area contributed by atoms with Crippen molar-refractivity contribution in [3.63, 3.8) is 0 Å². The second kappa shape index (κ2) is 11.0. The maximum Gasteiger partial charge on any atom is 0.200 e. The van der Waals surface area contributed by atoms with Crippen molar-refractivity contribution >= 4 is 54.0 Å². The lowest BCUT2D eigenvalue weighted by molar-refractivity contribution is 0.0713. The number of piperazine rings is 1. The molecule has 0 N–H and O–H groups in total. The molecule has 0 saturated carbocycles. The first kappa shape index (κ1) is 26.2. The molecule has 5 aromatic rings. The molecule has 42 heavy (non-hydrogen) atoms. The van der Waals surface area contributed by atoms with E-state index in [-0.39, 0.29) is 5.43 Å². The highest BCUT2D eigenvalue weighted by atomic mass is 32.1. The van der Waals surface area contributed by atoms with Crippen LogP contribution >= 0.6 is 11.3 Å². The standard InChI is InChI=1S/C34H35N3O4S/c38-29-21-31(37-16-19-39-20-17-37)41-33-24(7-3-8-26(29)33)25-10-11-28(32-27-6-1-2-9-30(27)42-34(25)32)36-14-12-35(13-15-36)22-23-5-4-18-40-23/h1-3,6-11,21,23H,4-5,12-20,22H2. The Bertz CT molecular complexity index is 1810. The SMILES string of the molecule is O=c1cc(N2CCOCC2)oc2c(-c3ccc(N4CCN(CC5CCCO5)CC4)c4c3sc3ccccc34)cccc12. The highest BCUT2D eigenvalue weighted by Gasteiger charge is 2.26. The molecule has 2 aromatic heterocycles. The van der Waals surface area contributed by atoms with Gasteiger partial charge in [0.1, 0.15) is 5.58 Å². The molecule has 216 valence electrons. The minimum atomic E-state index is -0.00956. The lowest BCUT2D eigenvalue weighted by atomic mass is 9.98. The number of para-hydroxylation sites is 1. The van der Waals surface area contributed by atoms with Crippen LogP contribution < -0.4 is 15.2 Å². The van der Waals surface area contributed by atoms with E-state index >= 15 is 0 Å². The van der Waals surface area contributed by atoms with Gasteiger partial charge in [-0.1, -0.05) is 36.4 Å². The molecular formula is C34H35N3O4S. The number of hydrogen-bond donors (Lipinski definition) is 0. The van der Waals surface area contributed by atoms with E-state index in [0.29, 0.717) is 49.3 Å². The van der Waals surface area contributed by atoms with Crippen molar-refractivity contribution in [2.45, 2.75) is 18.9 Å². The van der Waals surface area contributed by atoms with Crippen molar-refractivity contribution < 1.29 is 13.9 Å². The maximum absolute atomic E-state index is 13.3. The molecule has 8 rings (SSSR count). The maximum atomic E-state index is 13.3. The Morgan fingerprint density at radius 1 is 0.810 bits per heavy atom. The van der Waals surface area contributed by atoms with Crippen LogP contribution in [0.4, 0.5) is 11.6 Å². The van der Waals surface area contributed by atoms with Crippen LogP contribution in [-0.2, 0) is 9.47 Å². The highest BCUT2D eigenvalue weighted by molar-refractivity contribution is 7.26. The smallest absolute Gasteiger partial charge is 0.200 e. The fourth-order valence-corrected chi connectivity index (χ4v) is 8.10. The molecule has 3 aliphatic heterocycles. The number of thiophene rings is 1. The quantitative estimate of drug-likeness (QED) is 0.254. The van der Waals surface area contributed by atoms with Crippen LogP contribution in [0.2, 0.25) is 0 Å². The first-order chi connectivity index (χ1) is 20.7. The average Bonchev–Trinajstić information content (AvgIpc) is 3.69. The summed E-state index contributed by atoms with van der Waals surface area (Å²) in [4.78, 5) is 20.5. The monoisotopic (exact) mass is 581 g/mol. The molecule has 5 heterocycles. The first-order valence-corrected chi connectivity index (χ1v) is 16.0.